The lowest BCUT2D eigenvalue weighted by molar-refractivity contribution is -0.373. The maximum Gasteiger partial charge on any atom is 0.303 e. The van der Waals surface area contributed by atoms with E-state index < -0.39 is 87.5 Å². The van der Waals surface area contributed by atoms with Crippen LogP contribution in [0.15, 0.2) is 23.0 Å². The summed E-state index contributed by atoms with van der Waals surface area (Å²) in [5, 5.41) is 35.4. The zero-order chi connectivity index (χ0) is 29.5. The van der Waals surface area contributed by atoms with E-state index in [1.165, 1.54) is 13.8 Å². The molecule has 1 aromatic rings. The first-order valence-corrected chi connectivity index (χ1v) is 14.5. The third-order valence-electron chi connectivity index (χ3n) is 12.6. The van der Waals surface area contributed by atoms with E-state index >= 15 is 4.79 Å². The van der Waals surface area contributed by atoms with Crippen LogP contribution in [-0.4, -0.2) is 82.1 Å². The topological polar surface area (TPSA) is 165 Å². The Kier molecular flexibility index (Phi) is 5.50. The molecule has 4 aliphatic carbocycles. The van der Waals surface area contributed by atoms with Crippen LogP contribution in [0, 0.1) is 33.5 Å². The van der Waals surface area contributed by atoms with E-state index in [9.17, 15) is 24.9 Å². The summed E-state index contributed by atoms with van der Waals surface area (Å²) in [6, 6.07) is 1.84. The van der Waals surface area contributed by atoms with Crippen molar-refractivity contribution in [2.75, 3.05) is 6.61 Å². The molecule has 0 radical (unpaired) electrons. The summed E-state index contributed by atoms with van der Waals surface area (Å²) >= 11 is 0. The van der Waals surface area contributed by atoms with Gasteiger partial charge in [-0.15, -0.1) is 0 Å². The van der Waals surface area contributed by atoms with E-state index in [1.54, 1.807) is 19.5 Å². The maximum absolute atomic E-state index is 15.0. The number of furan rings is 1. The van der Waals surface area contributed by atoms with E-state index in [2.05, 4.69) is 0 Å². The number of carbonyl (C=O) groups is 3. The monoisotopic (exact) mass is 574 g/mol. The number of epoxide rings is 1. The fourth-order valence-electron chi connectivity index (χ4n) is 11.0. The Balaban J connectivity index is 1.44. The molecule has 1 aromatic heterocycles. The van der Waals surface area contributed by atoms with Gasteiger partial charge in [0.2, 0.25) is 0 Å². The van der Waals surface area contributed by atoms with E-state index in [4.69, 9.17) is 23.4 Å². The second-order valence-electron chi connectivity index (χ2n) is 13.9. The number of ketones is 1. The fraction of sp³-hybridized carbons (Fsp3) is 0.767. The Labute approximate surface area is 237 Å². The number of carbonyl (C=O) groups excluding carboxylic acids is 3. The molecule has 0 aromatic carbocycles. The Bertz CT molecular complexity index is 1310. The first-order chi connectivity index (χ1) is 19.2. The fourth-order valence-corrected chi connectivity index (χ4v) is 11.0. The highest BCUT2D eigenvalue weighted by atomic mass is 16.6. The smallest absolute Gasteiger partial charge is 0.303 e. The maximum atomic E-state index is 15.0. The standard InChI is InChI=1S/C30H38O11/c1-13(31)39-20-10-19(34)29-12-38-25(36)26(20,3)17(29)9-18(33)28(5)23(29)22(35)24(40-14(2)32)27(4)16(15-6-7-37-11-15)8-21-30(27,28)41-21/h6-7,11,16-21,23-25,33-34,36H,8-10,12H2,1-5H3. The van der Waals surface area contributed by atoms with Crippen molar-refractivity contribution < 1.29 is 53.1 Å². The van der Waals surface area contributed by atoms with Crippen molar-refractivity contribution >= 4 is 17.7 Å². The number of ether oxygens (including phenoxy) is 4. The van der Waals surface area contributed by atoms with Crippen LogP contribution in [0.1, 0.15) is 65.4 Å². The first-order valence-electron chi connectivity index (χ1n) is 14.5. The second kappa shape index (κ2) is 8.19. The molecule has 0 amide bonds. The van der Waals surface area contributed by atoms with Crippen molar-refractivity contribution in [3.8, 4) is 0 Å². The van der Waals surface area contributed by atoms with Gasteiger partial charge >= 0.3 is 11.9 Å². The molecule has 2 aliphatic heterocycles. The van der Waals surface area contributed by atoms with E-state index in [0.717, 1.165) is 5.56 Å². The largest absolute Gasteiger partial charge is 0.472 e. The van der Waals surface area contributed by atoms with E-state index in [0.29, 0.717) is 6.42 Å². The molecule has 3 N–H and O–H groups in total. The number of rotatable bonds is 3. The highest BCUT2D eigenvalue weighted by Gasteiger charge is 2.92. The minimum atomic E-state index is -1.36. The molecule has 224 valence electrons. The highest BCUT2D eigenvalue weighted by Crippen LogP contribution is 2.82. The lowest BCUT2D eigenvalue weighted by atomic mass is 9.33. The van der Waals surface area contributed by atoms with Gasteiger partial charge in [-0.1, -0.05) is 20.8 Å². The SMILES string of the molecule is CC(=O)OC1CC(O)C23COC(O)C1(C)C2CC(O)C1(C)C3C(=O)C(OC(C)=O)C2(C)C(c3ccoc3)CC3OC321. The van der Waals surface area contributed by atoms with Crippen LogP contribution >= 0.6 is 0 Å². The Morgan fingerprint density at radius 1 is 0.976 bits per heavy atom. The van der Waals surface area contributed by atoms with Gasteiger partial charge in [-0.2, -0.15) is 0 Å². The van der Waals surface area contributed by atoms with Crippen LogP contribution in [0.3, 0.4) is 0 Å². The van der Waals surface area contributed by atoms with Crippen LogP contribution in [-0.2, 0) is 33.3 Å². The lowest BCUT2D eigenvalue weighted by Crippen LogP contribution is -2.82. The lowest BCUT2D eigenvalue weighted by Gasteiger charge is -2.73. The predicted molar refractivity (Wildman–Crippen MR) is 137 cm³/mol. The second-order valence-corrected chi connectivity index (χ2v) is 13.9. The van der Waals surface area contributed by atoms with Crippen LogP contribution in [0.2, 0.25) is 0 Å². The van der Waals surface area contributed by atoms with Crippen LogP contribution in [0.4, 0.5) is 0 Å². The van der Waals surface area contributed by atoms with Crippen LogP contribution < -0.4 is 0 Å². The zero-order valence-corrected chi connectivity index (χ0v) is 23.9. The van der Waals surface area contributed by atoms with Gasteiger partial charge in [0.05, 0.1) is 48.3 Å². The van der Waals surface area contributed by atoms with E-state index in [1.807, 2.05) is 19.9 Å². The number of hydrogen-bond donors (Lipinski definition) is 3. The molecule has 1 spiro atoms. The molecule has 3 heterocycles. The van der Waals surface area contributed by atoms with Gasteiger partial charge in [0, 0.05) is 42.9 Å². The van der Waals surface area contributed by atoms with Crippen molar-refractivity contribution in [1.29, 1.82) is 0 Å². The number of esters is 2. The highest BCUT2D eigenvalue weighted by molar-refractivity contribution is 5.93. The molecular weight excluding hydrogens is 536 g/mol. The van der Waals surface area contributed by atoms with Gasteiger partial charge in [-0.3, -0.25) is 14.4 Å². The summed E-state index contributed by atoms with van der Waals surface area (Å²) in [6.45, 7) is 7.85. The molecule has 14 unspecified atom stereocenters. The van der Waals surface area contributed by atoms with Crippen molar-refractivity contribution in [1.82, 2.24) is 0 Å². The minimum absolute atomic E-state index is 0.0205. The number of fused-ring (bicyclic) bond motifs is 1. The quantitative estimate of drug-likeness (QED) is 0.354. The van der Waals surface area contributed by atoms with Crippen LogP contribution in [0.5, 0.6) is 0 Å². The molecule has 2 saturated heterocycles. The average Bonchev–Trinajstić information content (AvgIpc) is 3.26. The third-order valence-corrected chi connectivity index (χ3v) is 12.6. The molecule has 14 atom stereocenters. The number of aliphatic hydroxyl groups is 3. The van der Waals surface area contributed by atoms with Crippen molar-refractivity contribution in [2.24, 2.45) is 33.5 Å². The van der Waals surface area contributed by atoms with E-state index in [-0.39, 0.29) is 31.5 Å². The summed E-state index contributed by atoms with van der Waals surface area (Å²) in [5.74, 6) is -3.56. The summed E-state index contributed by atoms with van der Waals surface area (Å²) in [4.78, 5) is 39.7. The third kappa shape index (κ3) is 2.85. The number of hydrogen-bond acceptors (Lipinski definition) is 11. The van der Waals surface area contributed by atoms with Crippen LogP contribution in [0.25, 0.3) is 0 Å². The normalized spacial score (nSPS) is 54.7. The Morgan fingerprint density at radius 2 is 1.68 bits per heavy atom. The zero-order valence-electron chi connectivity index (χ0n) is 23.9. The molecule has 6 fully saturated rings. The Morgan fingerprint density at radius 3 is 2.32 bits per heavy atom. The van der Waals surface area contributed by atoms with Gasteiger partial charge in [0.1, 0.15) is 11.7 Å². The number of aliphatic hydroxyl groups excluding tert-OH is 3. The molecule has 7 rings (SSSR count). The minimum Gasteiger partial charge on any atom is -0.472 e. The summed E-state index contributed by atoms with van der Waals surface area (Å²) in [7, 11) is 0. The molecule has 41 heavy (non-hydrogen) atoms. The summed E-state index contributed by atoms with van der Waals surface area (Å²) < 4.78 is 29.5. The molecule has 4 saturated carbocycles. The Hall–Kier alpha value is -2.31. The van der Waals surface area contributed by atoms with Crippen molar-refractivity contribution in [3.63, 3.8) is 0 Å². The average molecular weight is 575 g/mol. The van der Waals surface area contributed by atoms with Gasteiger partial charge in [0.15, 0.2) is 18.2 Å². The summed E-state index contributed by atoms with van der Waals surface area (Å²) in [5.41, 5.74) is -4.93. The molecule has 6 aliphatic rings. The van der Waals surface area contributed by atoms with Gasteiger partial charge in [0.25, 0.3) is 0 Å². The molecular formula is C30H38O11. The molecule has 2 bridgehead atoms. The predicted octanol–water partition coefficient (Wildman–Crippen LogP) is 1.47. The van der Waals surface area contributed by atoms with Gasteiger partial charge < -0.3 is 38.7 Å². The molecule has 11 heteroatoms. The van der Waals surface area contributed by atoms with Crippen molar-refractivity contribution in [2.45, 2.75) is 102 Å². The van der Waals surface area contributed by atoms with Gasteiger partial charge in [-0.25, -0.2) is 0 Å². The summed E-state index contributed by atoms with van der Waals surface area (Å²) in [6.07, 6.45) is -2.27. The van der Waals surface area contributed by atoms with Crippen molar-refractivity contribution in [3.05, 3.63) is 24.2 Å². The molecule has 11 nitrogen and oxygen atoms in total. The van der Waals surface area contributed by atoms with Gasteiger partial charge in [-0.05, 0) is 30.4 Å². The number of Topliss-reactive ketones (excluding diaryl/α,β-unsaturated/α-hetero) is 1. The first kappa shape index (κ1) is 27.5.